The molecule has 0 spiro atoms. The molecule has 0 N–H and O–H groups in total. The van der Waals surface area contributed by atoms with Crippen molar-refractivity contribution in [2.24, 2.45) is 4.99 Å². The quantitative estimate of drug-likeness (QED) is 0.331. The first-order chi connectivity index (χ1) is 14.5. The van der Waals surface area contributed by atoms with Crippen molar-refractivity contribution >= 4 is 40.3 Å². The molecule has 1 saturated heterocycles. The van der Waals surface area contributed by atoms with Crippen molar-refractivity contribution in [2.75, 3.05) is 6.54 Å². The molecular formula is C21H16N4O4S. The number of carbonyl (C=O) groups excluding carboxylic acids is 1. The first-order valence-corrected chi connectivity index (χ1v) is 9.91. The van der Waals surface area contributed by atoms with E-state index in [0.29, 0.717) is 39.4 Å². The van der Waals surface area contributed by atoms with Crippen molar-refractivity contribution in [1.82, 2.24) is 9.88 Å². The zero-order valence-corrected chi connectivity index (χ0v) is 16.7. The van der Waals surface area contributed by atoms with Gasteiger partial charge in [0, 0.05) is 36.5 Å². The Bertz CT molecular complexity index is 1150. The summed E-state index contributed by atoms with van der Waals surface area (Å²) < 4.78 is 5.82. The van der Waals surface area contributed by atoms with Gasteiger partial charge in [0.15, 0.2) is 5.17 Å². The molecule has 1 fully saturated rings. The van der Waals surface area contributed by atoms with Gasteiger partial charge in [0.1, 0.15) is 11.5 Å². The van der Waals surface area contributed by atoms with Crippen LogP contribution in [0.2, 0.25) is 0 Å². The van der Waals surface area contributed by atoms with Crippen LogP contribution < -0.4 is 0 Å². The molecule has 1 amide bonds. The lowest BCUT2D eigenvalue weighted by Crippen LogP contribution is -2.28. The number of furan rings is 1. The molecule has 8 nitrogen and oxygen atoms in total. The SMILES string of the molecule is CCN1C(=O)/C(=C\c2ccc(-c3ccc([N+](=O)[O-])cc3)o2)SC1=Nc1cccnc1. The molecule has 0 bridgehead atoms. The number of pyridine rings is 1. The molecule has 30 heavy (non-hydrogen) atoms. The normalized spacial score (nSPS) is 16.6. The van der Waals surface area contributed by atoms with E-state index in [4.69, 9.17) is 4.42 Å². The number of aliphatic imine (C=N–C) groups is 1. The number of amides is 1. The van der Waals surface area contributed by atoms with Gasteiger partial charge in [-0.25, -0.2) is 4.99 Å². The molecule has 0 unspecified atom stereocenters. The van der Waals surface area contributed by atoms with Crippen LogP contribution in [0, 0.1) is 10.1 Å². The van der Waals surface area contributed by atoms with Crippen LogP contribution in [0.4, 0.5) is 11.4 Å². The highest BCUT2D eigenvalue weighted by Crippen LogP contribution is 2.34. The highest BCUT2D eigenvalue weighted by molar-refractivity contribution is 8.18. The Hall–Kier alpha value is -3.72. The third-order valence-electron chi connectivity index (χ3n) is 4.34. The second-order valence-electron chi connectivity index (χ2n) is 6.27. The van der Waals surface area contributed by atoms with Crippen LogP contribution in [0.5, 0.6) is 0 Å². The Kier molecular flexibility index (Phi) is 5.44. The van der Waals surface area contributed by atoms with Crippen LogP contribution in [0.25, 0.3) is 17.4 Å². The maximum absolute atomic E-state index is 12.8. The topological polar surface area (TPSA) is 102 Å². The van der Waals surface area contributed by atoms with Gasteiger partial charge in [0.05, 0.1) is 21.7 Å². The zero-order valence-electron chi connectivity index (χ0n) is 15.9. The Balaban J connectivity index is 1.58. The summed E-state index contributed by atoms with van der Waals surface area (Å²) in [6, 6.07) is 13.2. The number of likely N-dealkylation sites (N-methyl/N-ethyl adjacent to an activating group) is 1. The van der Waals surface area contributed by atoms with Crippen molar-refractivity contribution in [1.29, 1.82) is 0 Å². The summed E-state index contributed by atoms with van der Waals surface area (Å²) in [6.45, 7) is 2.38. The van der Waals surface area contributed by atoms with E-state index in [2.05, 4.69) is 9.98 Å². The summed E-state index contributed by atoms with van der Waals surface area (Å²) in [5.74, 6) is 0.931. The van der Waals surface area contributed by atoms with Crippen molar-refractivity contribution in [3.05, 3.63) is 81.7 Å². The van der Waals surface area contributed by atoms with Gasteiger partial charge in [-0.2, -0.15) is 0 Å². The monoisotopic (exact) mass is 420 g/mol. The molecule has 0 atom stereocenters. The molecule has 150 valence electrons. The maximum Gasteiger partial charge on any atom is 0.269 e. The molecule has 1 aliphatic rings. The fourth-order valence-electron chi connectivity index (χ4n) is 2.86. The molecule has 0 radical (unpaired) electrons. The number of hydrogen-bond acceptors (Lipinski definition) is 7. The fourth-order valence-corrected chi connectivity index (χ4v) is 3.91. The summed E-state index contributed by atoms with van der Waals surface area (Å²) in [4.78, 5) is 33.8. The number of hydrogen-bond donors (Lipinski definition) is 0. The Morgan fingerprint density at radius 2 is 2.03 bits per heavy atom. The molecular weight excluding hydrogens is 404 g/mol. The summed E-state index contributed by atoms with van der Waals surface area (Å²) >= 11 is 1.28. The van der Waals surface area contributed by atoms with Gasteiger partial charge in [-0.1, -0.05) is 0 Å². The molecule has 3 heterocycles. The Labute approximate surface area is 176 Å². The average molecular weight is 420 g/mol. The highest BCUT2D eigenvalue weighted by atomic mass is 32.2. The van der Waals surface area contributed by atoms with Crippen molar-refractivity contribution < 1.29 is 14.1 Å². The minimum absolute atomic E-state index is 0.0145. The molecule has 9 heteroatoms. The number of non-ortho nitro benzene ring substituents is 1. The third kappa shape index (κ3) is 4.01. The number of amidine groups is 1. The average Bonchev–Trinajstić information content (AvgIpc) is 3.34. The van der Waals surface area contributed by atoms with Crippen molar-refractivity contribution in [2.45, 2.75) is 6.92 Å². The predicted octanol–water partition coefficient (Wildman–Crippen LogP) is 4.87. The molecule has 2 aromatic heterocycles. The molecule has 0 aliphatic carbocycles. The number of nitro groups is 1. The van der Waals surface area contributed by atoms with Crippen LogP contribution in [0.3, 0.4) is 0 Å². The number of nitro benzene ring substituents is 1. The van der Waals surface area contributed by atoms with E-state index in [1.165, 1.54) is 23.9 Å². The van der Waals surface area contributed by atoms with Crippen molar-refractivity contribution in [3.63, 3.8) is 0 Å². The van der Waals surface area contributed by atoms with Crippen LogP contribution in [-0.4, -0.2) is 32.4 Å². The van der Waals surface area contributed by atoms with Gasteiger partial charge >= 0.3 is 0 Å². The van der Waals surface area contributed by atoms with E-state index < -0.39 is 4.92 Å². The summed E-state index contributed by atoms with van der Waals surface area (Å²) in [5.41, 5.74) is 1.40. The molecule has 1 aromatic carbocycles. The van der Waals surface area contributed by atoms with E-state index >= 15 is 0 Å². The minimum atomic E-state index is -0.450. The predicted molar refractivity (Wildman–Crippen MR) is 115 cm³/mol. The van der Waals surface area contributed by atoms with E-state index in [-0.39, 0.29) is 11.6 Å². The van der Waals surface area contributed by atoms with Crippen molar-refractivity contribution in [3.8, 4) is 11.3 Å². The lowest BCUT2D eigenvalue weighted by molar-refractivity contribution is -0.384. The zero-order chi connectivity index (χ0) is 21.1. The fraction of sp³-hybridized carbons (Fsp3) is 0.0952. The van der Waals surface area contributed by atoms with E-state index in [0.717, 1.165) is 0 Å². The largest absolute Gasteiger partial charge is 0.457 e. The van der Waals surface area contributed by atoms with E-state index in [9.17, 15) is 14.9 Å². The van der Waals surface area contributed by atoms with Crippen LogP contribution in [0.15, 0.2) is 75.2 Å². The lowest BCUT2D eigenvalue weighted by Gasteiger charge is -2.11. The molecule has 1 aliphatic heterocycles. The van der Waals surface area contributed by atoms with Gasteiger partial charge in [0.2, 0.25) is 0 Å². The van der Waals surface area contributed by atoms with E-state index in [1.54, 1.807) is 53.7 Å². The minimum Gasteiger partial charge on any atom is -0.457 e. The smallest absolute Gasteiger partial charge is 0.269 e. The number of thioether (sulfide) groups is 1. The van der Waals surface area contributed by atoms with Gasteiger partial charge in [-0.05, 0) is 55.1 Å². The highest BCUT2D eigenvalue weighted by Gasteiger charge is 2.32. The second-order valence-corrected chi connectivity index (χ2v) is 7.28. The standard InChI is InChI=1S/C21H16N4O4S/c1-2-24-20(26)19(30-21(24)23-15-4-3-11-22-13-15)12-17-9-10-18(29-17)14-5-7-16(8-6-14)25(27)28/h3-13H,2H2,1H3/b19-12+,23-21?. The van der Waals surface area contributed by atoms with Crippen LogP contribution >= 0.6 is 11.8 Å². The molecule has 3 aromatic rings. The summed E-state index contributed by atoms with van der Waals surface area (Å²) in [6.07, 6.45) is 4.98. The number of benzene rings is 1. The van der Waals surface area contributed by atoms with Gasteiger partial charge < -0.3 is 4.42 Å². The summed E-state index contributed by atoms with van der Waals surface area (Å²) in [7, 11) is 0. The van der Waals surface area contributed by atoms with Gasteiger partial charge in [0.25, 0.3) is 11.6 Å². The second kappa shape index (κ2) is 8.34. The van der Waals surface area contributed by atoms with E-state index in [1.807, 2.05) is 13.0 Å². The maximum atomic E-state index is 12.8. The Morgan fingerprint density at radius 3 is 2.70 bits per heavy atom. The lowest BCUT2D eigenvalue weighted by atomic mass is 10.1. The van der Waals surface area contributed by atoms with Crippen LogP contribution in [-0.2, 0) is 4.79 Å². The third-order valence-corrected chi connectivity index (χ3v) is 5.34. The Morgan fingerprint density at radius 1 is 1.23 bits per heavy atom. The number of aromatic nitrogens is 1. The first-order valence-electron chi connectivity index (χ1n) is 9.10. The molecule has 4 rings (SSSR count). The summed E-state index contributed by atoms with van der Waals surface area (Å²) in [5, 5.41) is 11.4. The number of nitrogens with zero attached hydrogens (tertiary/aromatic N) is 4. The number of carbonyl (C=O) groups is 1. The van der Waals surface area contributed by atoms with Crippen LogP contribution in [0.1, 0.15) is 12.7 Å². The number of rotatable bonds is 5. The first kappa shape index (κ1) is 19.6. The van der Waals surface area contributed by atoms with Gasteiger partial charge in [-0.15, -0.1) is 0 Å². The van der Waals surface area contributed by atoms with Gasteiger partial charge in [-0.3, -0.25) is 24.8 Å². The molecule has 0 saturated carbocycles.